The maximum atomic E-state index is 13.1. The summed E-state index contributed by atoms with van der Waals surface area (Å²) in [5, 5.41) is 0. The molecule has 0 saturated carbocycles. The number of aromatic nitrogens is 2. The van der Waals surface area contributed by atoms with Crippen LogP contribution in [0.25, 0.3) is 0 Å². The van der Waals surface area contributed by atoms with Gasteiger partial charge in [-0.3, -0.25) is 0 Å². The fourth-order valence-electron chi connectivity index (χ4n) is 1.70. The second-order valence-corrected chi connectivity index (χ2v) is 3.94. The largest absolute Gasteiger partial charge is 0.340 e. The van der Waals surface area contributed by atoms with Gasteiger partial charge in [0.1, 0.15) is 5.82 Å². The van der Waals surface area contributed by atoms with Crippen molar-refractivity contribution in [2.75, 3.05) is 0 Å². The number of hydrogen-bond donors (Lipinski definition) is 1. The second-order valence-electron chi connectivity index (χ2n) is 3.94. The van der Waals surface area contributed by atoms with Crippen molar-refractivity contribution in [2.24, 2.45) is 12.8 Å². The first-order valence-electron chi connectivity index (χ1n) is 5.07. The Labute approximate surface area is 93.7 Å². The molecule has 1 aromatic heterocycles. The summed E-state index contributed by atoms with van der Waals surface area (Å²) in [5.74, 6) is -0.271. The molecule has 2 aromatic rings. The number of imidazole rings is 1. The normalized spacial score (nSPS) is 12.8. The fraction of sp³-hybridized carbons (Fsp3) is 0.250. The molecule has 0 fully saturated rings. The monoisotopic (exact) mass is 219 g/mol. The molecule has 0 radical (unpaired) electrons. The van der Waals surface area contributed by atoms with Gasteiger partial charge in [0.05, 0.1) is 18.1 Å². The lowest BCUT2D eigenvalue weighted by Gasteiger charge is -2.12. The number of nitrogens with two attached hydrogens (primary N) is 1. The van der Waals surface area contributed by atoms with Crippen molar-refractivity contribution in [3.63, 3.8) is 0 Å². The molecule has 0 saturated heterocycles. The van der Waals surface area contributed by atoms with E-state index in [4.69, 9.17) is 5.73 Å². The van der Waals surface area contributed by atoms with Crippen LogP contribution >= 0.6 is 0 Å². The highest BCUT2D eigenvalue weighted by molar-refractivity contribution is 5.33. The maximum absolute atomic E-state index is 13.1. The van der Waals surface area contributed by atoms with Gasteiger partial charge < -0.3 is 10.3 Å². The van der Waals surface area contributed by atoms with Crippen LogP contribution in [0.15, 0.2) is 30.7 Å². The number of aryl methyl sites for hydroxylation is 2. The van der Waals surface area contributed by atoms with Crippen LogP contribution in [0.2, 0.25) is 0 Å². The van der Waals surface area contributed by atoms with Crippen LogP contribution in [0.5, 0.6) is 0 Å². The third kappa shape index (κ3) is 1.97. The maximum Gasteiger partial charge on any atom is 0.123 e. The molecule has 0 aliphatic carbocycles. The van der Waals surface area contributed by atoms with Crippen LogP contribution in [-0.2, 0) is 7.05 Å². The van der Waals surface area contributed by atoms with Gasteiger partial charge in [0.25, 0.3) is 0 Å². The van der Waals surface area contributed by atoms with E-state index in [1.54, 1.807) is 12.4 Å². The highest BCUT2D eigenvalue weighted by Gasteiger charge is 2.14. The Bertz CT molecular complexity index is 505. The molecule has 0 bridgehead atoms. The summed E-state index contributed by atoms with van der Waals surface area (Å²) in [7, 11) is 1.88. The number of rotatable bonds is 2. The molecular formula is C12H14FN3. The van der Waals surface area contributed by atoms with Crippen LogP contribution in [-0.4, -0.2) is 9.55 Å². The lowest BCUT2D eigenvalue weighted by atomic mass is 10.00. The minimum absolute atomic E-state index is 0.271. The Hall–Kier alpha value is -1.68. The predicted molar refractivity (Wildman–Crippen MR) is 60.4 cm³/mol. The molecule has 1 aromatic carbocycles. The Morgan fingerprint density at radius 2 is 2.19 bits per heavy atom. The van der Waals surface area contributed by atoms with Gasteiger partial charge in [-0.25, -0.2) is 9.37 Å². The zero-order chi connectivity index (χ0) is 11.7. The fourth-order valence-corrected chi connectivity index (χ4v) is 1.70. The Morgan fingerprint density at radius 3 is 2.81 bits per heavy atom. The number of nitrogens with zero attached hydrogens (tertiary/aromatic N) is 2. The molecule has 0 aliphatic heterocycles. The molecule has 1 heterocycles. The number of halogens is 1. The van der Waals surface area contributed by atoms with E-state index in [1.807, 2.05) is 24.7 Å². The minimum Gasteiger partial charge on any atom is -0.340 e. The Morgan fingerprint density at radius 1 is 1.44 bits per heavy atom. The van der Waals surface area contributed by atoms with Crippen molar-refractivity contribution in [1.29, 1.82) is 0 Å². The zero-order valence-corrected chi connectivity index (χ0v) is 9.31. The van der Waals surface area contributed by atoms with Crippen LogP contribution < -0.4 is 5.73 Å². The SMILES string of the molecule is Cc1ccc(F)cc1C(N)c1cn(C)cn1. The van der Waals surface area contributed by atoms with E-state index in [-0.39, 0.29) is 11.9 Å². The summed E-state index contributed by atoms with van der Waals surface area (Å²) in [6.45, 7) is 1.91. The molecule has 84 valence electrons. The summed E-state index contributed by atoms with van der Waals surface area (Å²) in [6, 6.07) is 4.25. The van der Waals surface area contributed by atoms with Gasteiger partial charge in [0.2, 0.25) is 0 Å². The third-order valence-corrected chi connectivity index (χ3v) is 2.62. The lowest BCUT2D eigenvalue weighted by molar-refractivity contribution is 0.622. The minimum atomic E-state index is -0.378. The van der Waals surface area contributed by atoms with Gasteiger partial charge in [-0.05, 0) is 30.2 Å². The van der Waals surface area contributed by atoms with E-state index in [1.165, 1.54) is 12.1 Å². The molecule has 0 aliphatic rings. The van der Waals surface area contributed by atoms with E-state index in [2.05, 4.69) is 4.98 Å². The van der Waals surface area contributed by atoms with Crippen molar-refractivity contribution < 1.29 is 4.39 Å². The van der Waals surface area contributed by atoms with Crippen molar-refractivity contribution in [1.82, 2.24) is 9.55 Å². The molecule has 1 unspecified atom stereocenters. The van der Waals surface area contributed by atoms with E-state index in [9.17, 15) is 4.39 Å². The topological polar surface area (TPSA) is 43.8 Å². The van der Waals surface area contributed by atoms with Crippen molar-refractivity contribution in [3.05, 3.63) is 53.4 Å². The first-order chi connectivity index (χ1) is 7.58. The van der Waals surface area contributed by atoms with Gasteiger partial charge >= 0.3 is 0 Å². The molecular weight excluding hydrogens is 205 g/mol. The molecule has 1 atom stereocenters. The highest BCUT2D eigenvalue weighted by atomic mass is 19.1. The quantitative estimate of drug-likeness (QED) is 0.838. The van der Waals surface area contributed by atoms with Gasteiger partial charge in [0.15, 0.2) is 0 Å². The Balaban J connectivity index is 2.40. The summed E-state index contributed by atoms with van der Waals surface area (Å²) < 4.78 is 15.0. The molecule has 4 heteroatoms. The van der Waals surface area contributed by atoms with Crippen molar-refractivity contribution >= 4 is 0 Å². The summed E-state index contributed by atoms with van der Waals surface area (Å²) in [6.07, 6.45) is 3.53. The Kier molecular flexibility index (Phi) is 2.75. The van der Waals surface area contributed by atoms with Gasteiger partial charge in [0, 0.05) is 13.2 Å². The molecule has 0 amide bonds. The molecule has 3 nitrogen and oxygen atoms in total. The van der Waals surface area contributed by atoms with E-state index in [0.717, 1.165) is 16.8 Å². The number of hydrogen-bond acceptors (Lipinski definition) is 2. The van der Waals surface area contributed by atoms with Crippen molar-refractivity contribution in [3.8, 4) is 0 Å². The molecule has 2 rings (SSSR count). The van der Waals surface area contributed by atoms with Gasteiger partial charge in [-0.15, -0.1) is 0 Å². The molecule has 16 heavy (non-hydrogen) atoms. The summed E-state index contributed by atoms with van der Waals surface area (Å²) in [4.78, 5) is 4.18. The van der Waals surface area contributed by atoms with Gasteiger partial charge in [-0.2, -0.15) is 0 Å². The highest BCUT2D eigenvalue weighted by Crippen LogP contribution is 2.21. The van der Waals surface area contributed by atoms with Crippen LogP contribution in [0.1, 0.15) is 22.9 Å². The van der Waals surface area contributed by atoms with Crippen LogP contribution in [0.3, 0.4) is 0 Å². The summed E-state index contributed by atoms with van der Waals surface area (Å²) >= 11 is 0. The zero-order valence-electron chi connectivity index (χ0n) is 9.31. The second kappa shape index (κ2) is 4.06. The van der Waals surface area contributed by atoms with E-state index in [0.29, 0.717) is 0 Å². The third-order valence-electron chi connectivity index (χ3n) is 2.62. The number of benzene rings is 1. The summed E-state index contributed by atoms with van der Waals surface area (Å²) in [5.41, 5.74) is 8.55. The standard InChI is InChI=1S/C12H14FN3/c1-8-3-4-9(13)5-10(8)12(14)11-6-16(2)7-15-11/h3-7,12H,14H2,1-2H3. The first kappa shape index (κ1) is 10.8. The average Bonchev–Trinajstić information content (AvgIpc) is 2.67. The van der Waals surface area contributed by atoms with Gasteiger partial charge in [-0.1, -0.05) is 6.07 Å². The predicted octanol–water partition coefficient (Wildman–Crippen LogP) is 1.92. The smallest absolute Gasteiger partial charge is 0.123 e. The lowest BCUT2D eigenvalue weighted by Crippen LogP contribution is -2.14. The van der Waals surface area contributed by atoms with Crippen LogP contribution in [0.4, 0.5) is 4.39 Å². The first-order valence-corrected chi connectivity index (χ1v) is 5.07. The van der Waals surface area contributed by atoms with Crippen molar-refractivity contribution in [2.45, 2.75) is 13.0 Å². The van der Waals surface area contributed by atoms with Crippen LogP contribution in [0, 0.1) is 12.7 Å². The molecule has 0 spiro atoms. The van der Waals surface area contributed by atoms with E-state index >= 15 is 0 Å². The van der Waals surface area contributed by atoms with E-state index < -0.39 is 0 Å². The molecule has 2 N–H and O–H groups in total. The average molecular weight is 219 g/mol.